The second-order valence-electron chi connectivity index (χ2n) is 6.60. The zero-order valence-corrected chi connectivity index (χ0v) is 15.5. The molecule has 0 radical (unpaired) electrons. The van der Waals surface area contributed by atoms with Crippen LogP contribution in [0.1, 0.15) is 10.4 Å². The third-order valence-electron chi connectivity index (χ3n) is 4.85. The molecule has 1 fully saturated rings. The predicted octanol–water partition coefficient (Wildman–Crippen LogP) is 2.47. The number of aromatic nitrogens is 2. The minimum Gasteiger partial charge on any atom is -0.336 e. The number of piperazine rings is 1. The summed E-state index contributed by atoms with van der Waals surface area (Å²) in [7, 11) is 0. The number of nitrogens with zero attached hydrogens (tertiary/aromatic N) is 4. The standard InChI is InChI=1S/C20H19ClN4O2/c21-17-7-5-15(6-8-17)19(26)24-11-9-23(10-12-24)14-25-20(27)18-4-2-1-3-16(18)13-22-25/h1-8,13H,9-12,14H2. The number of rotatable bonds is 3. The third-order valence-corrected chi connectivity index (χ3v) is 5.10. The highest BCUT2D eigenvalue weighted by Gasteiger charge is 2.22. The fourth-order valence-electron chi connectivity index (χ4n) is 3.29. The first-order valence-corrected chi connectivity index (χ1v) is 9.22. The molecule has 0 saturated carbocycles. The van der Waals surface area contributed by atoms with Crippen molar-refractivity contribution in [1.29, 1.82) is 0 Å². The minimum absolute atomic E-state index is 0.00677. The van der Waals surface area contributed by atoms with Gasteiger partial charge in [0.1, 0.15) is 0 Å². The van der Waals surface area contributed by atoms with Crippen molar-refractivity contribution in [3.8, 4) is 0 Å². The normalized spacial score (nSPS) is 15.2. The molecule has 1 amide bonds. The topological polar surface area (TPSA) is 58.4 Å². The fraction of sp³-hybridized carbons (Fsp3) is 0.250. The molecule has 1 aromatic heterocycles. The molecule has 2 heterocycles. The Balaban J connectivity index is 1.41. The molecule has 27 heavy (non-hydrogen) atoms. The molecule has 2 aromatic carbocycles. The minimum atomic E-state index is -0.0900. The van der Waals surface area contributed by atoms with E-state index in [4.69, 9.17) is 11.6 Å². The van der Waals surface area contributed by atoms with Gasteiger partial charge < -0.3 is 4.90 Å². The molecule has 0 N–H and O–H groups in total. The number of halogens is 1. The molecule has 0 bridgehead atoms. The van der Waals surface area contributed by atoms with Gasteiger partial charge in [0.05, 0.1) is 18.3 Å². The van der Waals surface area contributed by atoms with Crippen LogP contribution in [0.2, 0.25) is 5.02 Å². The van der Waals surface area contributed by atoms with E-state index in [0.717, 1.165) is 5.39 Å². The quantitative estimate of drug-likeness (QED) is 0.698. The second kappa shape index (κ2) is 7.50. The van der Waals surface area contributed by atoms with Crippen molar-refractivity contribution in [3.63, 3.8) is 0 Å². The van der Waals surface area contributed by atoms with Crippen LogP contribution >= 0.6 is 11.6 Å². The molecule has 0 aliphatic carbocycles. The van der Waals surface area contributed by atoms with E-state index >= 15 is 0 Å². The molecule has 138 valence electrons. The second-order valence-corrected chi connectivity index (χ2v) is 7.03. The van der Waals surface area contributed by atoms with Crippen LogP contribution in [-0.4, -0.2) is 51.7 Å². The van der Waals surface area contributed by atoms with Gasteiger partial charge >= 0.3 is 0 Å². The Hall–Kier alpha value is -2.70. The summed E-state index contributed by atoms with van der Waals surface area (Å²) in [6, 6.07) is 14.4. The highest BCUT2D eigenvalue weighted by Crippen LogP contribution is 2.13. The first-order valence-electron chi connectivity index (χ1n) is 8.84. The van der Waals surface area contributed by atoms with Gasteiger partial charge in [-0.15, -0.1) is 0 Å². The molecule has 1 aliphatic rings. The van der Waals surface area contributed by atoms with Crippen LogP contribution in [-0.2, 0) is 6.67 Å². The van der Waals surface area contributed by atoms with Crippen LogP contribution in [0, 0.1) is 0 Å². The lowest BCUT2D eigenvalue weighted by molar-refractivity contribution is 0.0583. The number of hydrogen-bond donors (Lipinski definition) is 0. The monoisotopic (exact) mass is 382 g/mol. The largest absolute Gasteiger partial charge is 0.336 e. The van der Waals surface area contributed by atoms with Crippen molar-refractivity contribution in [1.82, 2.24) is 19.6 Å². The molecular formula is C20H19ClN4O2. The molecule has 6 nitrogen and oxygen atoms in total. The van der Waals surface area contributed by atoms with Crippen molar-refractivity contribution < 1.29 is 4.79 Å². The molecule has 3 aromatic rings. The summed E-state index contributed by atoms with van der Waals surface area (Å²) < 4.78 is 1.49. The van der Waals surface area contributed by atoms with Crippen LogP contribution in [0.5, 0.6) is 0 Å². The van der Waals surface area contributed by atoms with Crippen molar-refractivity contribution in [2.45, 2.75) is 6.67 Å². The van der Waals surface area contributed by atoms with E-state index in [-0.39, 0.29) is 11.5 Å². The zero-order valence-electron chi connectivity index (χ0n) is 14.7. The van der Waals surface area contributed by atoms with E-state index in [9.17, 15) is 9.59 Å². The van der Waals surface area contributed by atoms with Gasteiger partial charge in [-0.3, -0.25) is 14.5 Å². The van der Waals surface area contributed by atoms with Crippen molar-refractivity contribution >= 4 is 28.3 Å². The molecule has 7 heteroatoms. The van der Waals surface area contributed by atoms with Gasteiger partial charge in [-0.2, -0.15) is 5.10 Å². The lowest BCUT2D eigenvalue weighted by Gasteiger charge is -2.34. The molecule has 0 atom stereocenters. The number of carbonyl (C=O) groups is 1. The predicted molar refractivity (Wildman–Crippen MR) is 105 cm³/mol. The van der Waals surface area contributed by atoms with Gasteiger partial charge in [-0.25, -0.2) is 4.68 Å². The van der Waals surface area contributed by atoms with Crippen molar-refractivity contribution in [3.05, 3.63) is 75.7 Å². The number of hydrogen-bond acceptors (Lipinski definition) is 4. The van der Waals surface area contributed by atoms with Crippen LogP contribution in [0.15, 0.2) is 59.5 Å². The Morgan fingerprint density at radius 1 is 1.00 bits per heavy atom. The Labute approximate surface area is 161 Å². The lowest BCUT2D eigenvalue weighted by atomic mass is 10.2. The first-order chi connectivity index (χ1) is 13.1. The van der Waals surface area contributed by atoms with Gasteiger partial charge in [0, 0.05) is 42.2 Å². The average Bonchev–Trinajstić information content (AvgIpc) is 2.71. The third kappa shape index (κ3) is 3.72. The summed E-state index contributed by atoms with van der Waals surface area (Å²) in [6.07, 6.45) is 1.72. The maximum absolute atomic E-state index is 12.6. The summed E-state index contributed by atoms with van der Waals surface area (Å²) in [5.41, 5.74) is 0.549. The highest BCUT2D eigenvalue weighted by molar-refractivity contribution is 6.30. The van der Waals surface area contributed by atoms with Gasteiger partial charge in [0.25, 0.3) is 11.5 Å². The Bertz CT molecular complexity index is 1020. The summed E-state index contributed by atoms with van der Waals surface area (Å²) in [5, 5.41) is 6.41. The van der Waals surface area contributed by atoms with Crippen LogP contribution in [0.4, 0.5) is 0 Å². The Kier molecular flexibility index (Phi) is 4.92. The van der Waals surface area contributed by atoms with Gasteiger partial charge in [0.15, 0.2) is 0 Å². The highest BCUT2D eigenvalue weighted by atomic mass is 35.5. The van der Waals surface area contributed by atoms with Crippen molar-refractivity contribution in [2.75, 3.05) is 26.2 Å². The van der Waals surface area contributed by atoms with E-state index in [2.05, 4.69) is 10.00 Å². The number of carbonyl (C=O) groups excluding carboxylic acids is 1. The maximum atomic E-state index is 12.6. The summed E-state index contributed by atoms with van der Waals surface area (Å²) in [4.78, 5) is 29.1. The number of benzene rings is 2. The molecule has 1 aliphatic heterocycles. The smallest absolute Gasteiger partial charge is 0.275 e. The first kappa shape index (κ1) is 17.7. The van der Waals surface area contributed by atoms with E-state index in [1.165, 1.54) is 4.68 Å². The lowest BCUT2D eigenvalue weighted by Crippen LogP contribution is -2.49. The zero-order chi connectivity index (χ0) is 18.8. The molecule has 0 spiro atoms. The SMILES string of the molecule is O=C(c1ccc(Cl)cc1)N1CCN(Cn2ncc3ccccc3c2=O)CC1. The number of amides is 1. The average molecular weight is 383 g/mol. The molecule has 4 rings (SSSR count). The van der Waals surface area contributed by atoms with E-state index in [1.807, 2.05) is 29.2 Å². The Morgan fingerprint density at radius 3 is 2.44 bits per heavy atom. The molecule has 1 saturated heterocycles. The van der Waals surface area contributed by atoms with E-state index in [0.29, 0.717) is 48.8 Å². The van der Waals surface area contributed by atoms with Gasteiger partial charge in [-0.05, 0) is 30.3 Å². The summed E-state index contributed by atoms with van der Waals surface area (Å²) >= 11 is 5.88. The van der Waals surface area contributed by atoms with Crippen LogP contribution in [0.25, 0.3) is 10.8 Å². The van der Waals surface area contributed by atoms with Crippen LogP contribution < -0.4 is 5.56 Å². The number of fused-ring (bicyclic) bond motifs is 1. The van der Waals surface area contributed by atoms with E-state index in [1.54, 1.807) is 30.5 Å². The van der Waals surface area contributed by atoms with Gasteiger partial charge in [-0.1, -0.05) is 29.8 Å². The Morgan fingerprint density at radius 2 is 1.70 bits per heavy atom. The van der Waals surface area contributed by atoms with E-state index < -0.39 is 0 Å². The van der Waals surface area contributed by atoms with Gasteiger partial charge in [0.2, 0.25) is 0 Å². The maximum Gasteiger partial charge on any atom is 0.275 e. The fourth-order valence-corrected chi connectivity index (χ4v) is 3.41. The van der Waals surface area contributed by atoms with Crippen LogP contribution in [0.3, 0.4) is 0 Å². The summed E-state index contributed by atoms with van der Waals surface area (Å²) in [6.45, 7) is 3.04. The summed E-state index contributed by atoms with van der Waals surface area (Å²) in [5.74, 6) is 0.00677. The molecular weight excluding hydrogens is 364 g/mol. The van der Waals surface area contributed by atoms with Crippen molar-refractivity contribution in [2.24, 2.45) is 0 Å². The molecule has 0 unspecified atom stereocenters.